The van der Waals surface area contributed by atoms with E-state index in [1.54, 1.807) is 18.5 Å². The van der Waals surface area contributed by atoms with Gasteiger partial charge in [0, 0.05) is 18.9 Å². The molecular formula is C8H14N6. The standard InChI is InChI=1S/C8H14N6/c1-2-10-8(9)14-13-6-7-11-4-3-5-12-7/h3-5,13H,2,6H2,1H3,(H3,9,10,14). The monoisotopic (exact) mass is 194 g/mol. The van der Waals surface area contributed by atoms with Gasteiger partial charge in [-0.1, -0.05) is 0 Å². The van der Waals surface area contributed by atoms with Crippen LogP contribution in [-0.4, -0.2) is 22.5 Å². The molecule has 0 aliphatic rings. The summed E-state index contributed by atoms with van der Waals surface area (Å²) in [7, 11) is 0. The second-order valence-electron chi connectivity index (χ2n) is 2.50. The molecular weight excluding hydrogens is 180 g/mol. The fraction of sp³-hybridized carbons (Fsp3) is 0.375. The molecule has 1 aromatic heterocycles. The maximum atomic E-state index is 5.48. The fourth-order valence-electron chi connectivity index (χ4n) is 0.845. The van der Waals surface area contributed by atoms with Crippen molar-refractivity contribution < 1.29 is 0 Å². The van der Waals surface area contributed by atoms with Gasteiger partial charge in [0.25, 0.3) is 0 Å². The molecule has 0 saturated carbocycles. The molecule has 6 heteroatoms. The van der Waals surface area contributed by atoms with Gasteiger partial charge in [-0.25, -0.2) is 15.4 Å². The molecule has 0 aromatic carbocycles. The third-order valence-electron chi connectivity index (χ3n) is 1.41. The Balaban J connectivity index is 2.25. The average Bonchev–Trinajstić information content (AvgIpc) is 2.20. The SMILES string of the molecule is CCN=C(N)NNCc1ncccn1. The Hall–Kier alpha value is -1.69. The molecule has 0 unspecified atom stereocenters. The van der Waals surface area contributed by atoms with Gasteiger partial charge < -0.3 is 5.73 Å². The van der Waals surface area contributed by atoms with Crippen LogP contribution in [0.4, 0.5) is 0 Å². The van der Waals surface area contributed by atoms with Gasteiger partial charge in [-0.2, -0.15) is 0 Å². The maximum Gasteiger partial charge on any atom is 0.203 e. The summed E-state index contributed by atoms with van der Waals surface area (Å²) >= 11 is 0. The molecule has 4 N–H and O–H groups in total. The smallest absolute Gasteiger partial charge is 0.203 e. The van der Waals surface area contributed by atoms with Crippen LogP contribution < -0.4 is 16.6 Å². The normalized spacial score (nSPS) is 11.4. The summed E-state index contributed by atoms with van der Waals surface area (Å²) in [5.41, 5.74) is 11.1. The van der Waals surface area contributed by atoms with Crippen LogP contribution in [0.3, 0.4) is 0 Å². The highest BCUT2D eigenvalue weighted by Gasteiger charge is 1.93. The van der Waals surface area contributed by atoms with E-state index in [1.807, 2.05) is 6.92 Å². The summed E-state index contributed by atoms with van der Waals surface area (Å²) in [5, 5.41) is 0. The Morgan fingerprint density at radius 1 is 1.50 bits per heavy atom. The van der Waals surface area contributed by atoms with E-state index in [0.717, 1.165) is 0 Å². The number of aliphatic imine (C=N–C) groups is 1. The molecule has 0 aliphatic heterocycles. The Labute approximate surface area is 82.6 Å². The van der Waals surface area contributed by atoms with E-state index in [0.29, 0.717) is 24.9 Å². The number of nitrogens with two attached hydrogens (primary N) is 1. The van der Waals surface area contributed by atoms with Crippen LogP contribution in [0.2, 0.25) is 0 Å². The van der Waals surface area contributed by atoms with Crippen molar-refractivity contribution in [2.45, 2.75) is 13.5 Å². The van der Waals surface area contributed by atoms with Gasteiger partial charge in [-0.15, -0.1) is 0 Å². The summed E-state index contributed by atoms with van der Waals surface area (Å²) in [6.07, 6.45) is 3.38. The zero-order chi connectivity index (χ0) is 10.2. The molecule has 0 aliphatic carbocycles. The molecule has 0 spiro atoms. The number of rotatable bonds is 4. The first kappa shape index (κ1) is 10.4. The predicted molar refractivity (Wildman–Crippen MR) is 54.2 cm³/mol. The van der Waals surface area contributed by atoms with E-state index in [9.17, 15) is 0 Å². The van der Waals surface area contributed by atoms with Gasteiger partial charge in [-0.05, 0) is 13.0 Å². The highest BCUT2D eigenvalue weighted by atomic mass is 15.4. The van der Waals surface area contributed by atoms with Crippen molar-refractivity contribution in [3.8, 4) is 0 Å². The molecule has 0 bridgehead atoms. The van der Waals surface area contributed by atoms with Crippen LogP contribution >= 0.6 is 0 Å². The lowest BCUT2D eigenvalue weighted by molar-refractivity contribution is 0.622. The first-order valence-electron chi connectivity index (χ1n) is 4.37. The third-order valence-corrected chi connectivity index (χ3v) is 1.41. The maximum absolute atomic E-state index is 5.48. The number of aromatic nitrogens is 2. The number of hydrazine groups is 1. The minimum atomic E-state index is 0.364. The molecule has 6 nitrogen and oxygen atoms in total. The lowest BCUT2D eigenvalue weighted by Gasteiger charge is -2.05. The molecule has 1 aromatic rings. The minimum absolute atomic E-state index is 0.364. The number of hydrogen-bond donors (Lipinski definition) is 3. The van der Waals surface area contributed by atoms with Gasteiger partial charge in [-0.3, -0.25) is 10.4 Å². The van der Waals surface area contributed by atoms with E-state index in [-0.39, 0.29) is 0 Å². The summed E-state index contributed by atoms with van der Waals surface area (Å²) in [6.45, 7) is 3.07. The zero-order valence-corrected chi connectivity index (χ0v) is 8.07. The quantitative estimate of drug-likeness (QED) is 0.338. The van der Waals surface area contributed by atoms with Crippen LogP contribution in [0.1, 0.15) is 12.7 Å². The van der Waals surface area contributed by atoms with Crippen molar-refractivity contribution in [1.82, 2.24) is 20.8 Å². The van der Waals surface area contributed by atoms with E-state index < -0.39 is 0 Å². The van der Waals surface area contributed by atoms with Crippen molar-refractivity contribution >= 4 is 5.96 Å². The fourth-order valence-corrected chi connectivity index (χ4v) is 0.845. The zero-order valence-electron chi connectivity index (χ0n) is 8.07. The minimum Gasteiger partial charge on any atom is -0.369 e. The Morgan fingerprint density at radius 3 is 2.86 bits per heavy atom. The van der Waals surface area contributed by atoms with Crippen LogP contribution in [0, 0.1) is 0 Å². The van der Waals surface area contributed by atoms with Crippen LogP contribution in [-0.2, 0) is 6.54 Å². The summed E-state index contributed by atoms with van der Waals surface area (Å²) in [4.78, 5) is 12.0. The first-order valence-corrected chi connectivity index (χ1v) is 4.37. The largest absolute Gasteiger partial charge is 0.369 e. The molecule has 0 atom stereocenters. The number of hydrogen-bond acceptors (Lipinski definition) is 4. The second kappa shape index (κ2) is 5.87. The third kappa shape index (κ3) is 3.81. The summed E-state index contributed by atoms with van der Waals surface area (Å²) in [6, 6.07) is 1.77. The van der Waals surface area contributed by atoms with Gasteiger partial charge in [0.05, 0.1) is 6.54 Å². The molecule has 0 saturated heterocycles. The van der Waals surface area contributed by atoms with Crippen LogP contribution in [0.25, 0.3) is 0 Å². The van der Waals surface area contributed by atoms with Gasteiger partial charge >= 0.3 is 0 Å². The van der Waals surface area contributed by atoms with E-state index >= 15 is 0 Å². The number of nitrogens with zero attached hydrogens (tertiary/aromatic N) is 3. The number of nitrogens with one attached hydrogen (secondary N) is 2. The second-order valence-corrected chi connectivity index (χ2v) is 2.50. The Morgan fingerprint density at radius 2 is 2.21 bits per heavy atom. The van der Waals surface area contributed by atoms with Crippen molar-refractivity contribution in [2.24, 2.45) is 10.7 Å². The molecule has 1 heterocycles. The van der Waals surface area contributed by atoms with Gasteiger partial charge in [0.2, 0.25) is 5.96 Å². The molecule has 0 amide bonds. The van der Waals surface area contributed by atoms with Crippen molar-refractivity contribution in [3.05, 3.63) is 24.3 Å². The first-order chi connectivity index (χ1) is 6.83. The Bertz CT molecular complexity index is 283. The lowest BCUT2D eigenvalue weighted by Crippen LogP contribution is -2.42. The van der Waals surface area contributed by atoms with Crippen LogP contribution in [0.5, 0.6) is 0 Å². The summed E-state index contributed by atoms with van der Waals surface area (Å²) in [5.74, 6) is 1.06. The van der Waals surface area contributed by atoms with Crippen molar-refractivity contribution in [3.63, 3.8) is 0 Å². The Kier molecular flexibility index (Phi) is 4.36. The topological polar surface area (TPSA) is 88.2 Å². The highest BCUT2D eigenvalue weighted by molar-refractivity contribution is 5.77. The molecule has 1 rings (SSSR count). The molecule has 76 valence electrons. The van der Waals surface area contributed by atoms with E-state index in [4.69, 9.17) is 5.73 Å². The average molecular weight is 194 g/mol. The van der Waals surface area contributed by atoms with Gasteiger partial charge in [0.1, 0.15) is 5.82 Å². The predicted octanol–water partition coefficient (Wildman–Crippen LogP) is -0.595. The van der Waals surface area contributed by atoms with Crippen molar-refractivity contribution in [2.75, 3.05) is 6.54 Å². The molecule has 14 heavy (non-hydrogen) atoms. The van der Waals surface area contributed by atoms with E-state index in [2.05, 4.69) is 25.8 Å². The number of guanidine groups is 1. The highest BCUT2D eigenvalue weighted by Crippen LogP contribution is 1.83. The van der Waals surface area contributed by atoms with E-state index in [1.165, 1.54) is 0 Å². The van der Waals surface area contributed by atoms with Gasteiger partial charge in [0.15, 0.2) is 0 Å². The lowest BCUT2D eigenvalue weighted by atomic mass is 10.5. The van der Waals surface area contributed by atoms with Crippen LogP contribution in [0.15, 0.2) is 23.5 Å². The summed E-state index contributed by atoms with van der Waals surface area (Å²) < 4.78 is 0. The molecule has 0 radical (unpaired) electrons. The molecule has 0 fully saturated rings. The van der Waals surface area contributed by atoms with Crippen molar-refractivity contribution in [1.29, 1.82) is 0 Å².